The van der Waals surface area contributed by atoms with Crippen LogP contribution >= 0.6 is 0 Å². The highest BCUT2D eigenvalue weighted by Gasteiger charge is 2.31. The topological polar surface area (TPSA) is 254 Å². The highest BCUT2D eigenvalue weighted by Crippen LogP contribution is 2.13. The van der Waals surface area contributed by atoms with Crippen molar-refractivity contribution in [2.24, 2.45) is 0 Å². The second-order valence-corrected chi connectivity index (χ2v) is 17.9. The van der Waals surface area contributed by atoms with E-state index in [1.165, 1.54) is 11.8 Å². The monoisotopic (exact) mass is 771 g/mol. The number of aliphatic hydroxyl groups excluding tert-OH is 4. The second-order valence-electron chi connectivity index (χ2n) is 13.2. The zero-order valence-electron chi connectivity index (χ0n) is 29.6. The Morgan fingerprint density at radius 1 is 0.469 bits per heavy atom. The zero-order valence-corrected chi connectivity index (χ0v) is 32.0. The van der Waals surface area contributed by atoms with Crippen molar-refractivity contribution in [3.05, 3.63) is 0 Å². The Morgan fingerprint density at radius 2 is 0.776 bits per heavy atom. The van der Waals surface area contributed by atoms with Gasteiger partial charge in [0.25, 0.3) is 30.4 Å². The van der Waals surface area contributed by atoms with Gasteiger partial charge in [0.1, 0.15) is 16.9 Å². The smallest absolute Gasteiger partial charge is 0.280 e. The Labute approximate surface area is 295 Å². The first-order valence-electron chi connectivity index (χ1n) is 17.4. The van der Waals surface area contributed by atoms with Crippen molar-refractivity contribution in [3.63, 3.8) is 0 Å². The van der Waals surface area contributed by atoms with Crippen LogP contribution in [0.1, 0.15) is 97.8 Å². The molecule has 0 heterocycles. The van der Waals surface area contributed by atoms with E-state index < -0.39 is 71.6 Å². The third-order valence-electron chi connectivity index (χ3n) is 8.17. The quantitative estimate of drug-likeness (QED) is 0.0373. The van der Waals surface area contributed by atoms with Gasteiger partial charge in [-0.2, -0.15) is 25.3 Å². The van der Waals surface area contributed by atoms with Crippen LogP contribution in [0.3, 0.4) is 0 Å². The van der Waals surface area contributed by atoms with Crippen molar-refractivity contribution in [3.8, 4) is 0 Å². The maximum absolute atomic E-state index is 12.1. The molecular weight excluding hydrogens is 707 g/mol. The maximum atomic E-state index is 12.1. The summed E-state index contributed by atoms with van der Waals surface area (Å²) in [6.45, 7) is 4.81. The van der Waals surface area contributed by atoms with Gasteiger partial charge in [0.15, 0.2) is 0 Å². The number of hydrogen-bond acceptors (Lipinski definition) is 13. The van der Waals surface area contributed by atoms with Gasteiger partial charge < -0.3 is 20.4 Å². The largest absolute Gasteiger partial charge is 0.391 e. The van der Waals surface area contributed by atoms with Gasteiger partial charge >= 0.3 is 0 Å². The summed E-state index contributed by atoms with van der Waals surface area (Å²) < 4.78 is 97.6. The van der Waals surface area contributed by atoms with Crippen molar-refractivity contribution in [1.82, 2.24) is 14.7 Å². The lowest BCUT2D eigenvalue weighted by molar-refractivity contribution is 0.0215. The standard InChI is InChI=1S/C30H65N3O13S3/c1-4-6-8-10-12-14-16-31(20-29(36)24-47(38,39)40)18-27(34)22-33(26(3)49(44,45)46)23-28(35)19-32(17-15-13-11-9-7-5-2)21-30(37)25-48(41,42)43/h26-30,34-37H,4-25H2,1-3H3,(H,38,39,40)(H,41,42,43)(H,44,45,46). The van der Waals surface area contributed by atoms with E-state index in [1.54, 1.807) is 9.80 Å². The van der Waals surface area contributed by atoms with Gasteiger partial charge in [0.05, 0.1) is 24.4 Å². The average Bonchev–Trinajstić information content (AvgIpc) is 2.93. The van der Waals surface area contributed by atoms with Crippen LogP contribution in [0.2, 0.25) is 0 Å². The lowest BCUT2D eigenvalue weighted by Crippen LogP contribution is -2.51. The van der Waals surface area contributed by atoms with Crippen LogP contribution in [-0.4, -0.2) is 168 Å². The molecule has 0 aliphatic carbocycles. The molecule has 0 aromatic carbocycles. The van der Waals surface area contributed by atoms with E-state index in [2.05, 4.69) is 13.8 Å². The molecule has 0 aliphatic heterocycles. The van der Waals surface area contributed by atoms with Crippen molar-refractivity contribution < 1.29 is 59.3 Å². The molecule has 0 bridgehead atoms. The molecular formula is C30H65N3O13S3. The van der Waals surface area contributed by atoms with Crippen LogP contribution in [0.15, 0.2) is 0 Å². The van der Waals surface area contributed by atoms with Gasteiger partial charge in [0, 0.05) is 39.3 Å². The van der Waals surface area contributed by atoms with Gasteiger partial charge in [-0.05, 0) is 32.9 Å². The highest BCUT2D eigenvalue weighted by atomic mass is 32.2. The minimum absolute atomic E-state index is 0.117. The summed E-state index contributed by atoms with van der Waals surface area (Å²) in [4.78, 5) is 4.40. The predicted octanol–water partition coefficient (Wildman–Crippen LogP) is 1.07. The molecule has 0 aromatic heterocycles. The van der Waals surface area contributed by atoms with E-state index in [0.717, 1.165) is 64.2 Å². The van der Waals surface area contributed by atoms with Gasteiger partial charge in [0.2, 0.25) is 0 Å². The molecule has 0 amide bonds. The highest BCUT2D eigenvalue weighted by molar-refractivity contribution is 7.86. The zero-order chi connectivity index (χ0) is 37.7. The molecule has 5 unspecified atom stereocenters. The predicted molar refractivity (Wildman–Crippen MR) is 189 cm³/mol. The van der Waals surface area contributed by atoms with Crippen molar-refractivity contribution in [2.45, 2.75) is 128 Å². The van der Waals surface area contributed by atoms with Crippen LogP contribution in [0.25, 0.3) is 0 Å². The molecule has 0 saturated heterocycles. The normalized spacial score (nSPS) is 16.3. The Balaban J connectivity index is 5.72. The average molecular weight is 772 g/mol. The maximum Gasteiger partial charge on any atom is 0.280 e. The van der Waals surface area contributed by atoms with Crippen molar-refractivity contribution in [2.75, 3.05) is 63.9 Å². The fraction of sp³-hybridized carbons (Fsp3) is 1.00. The number of unbranched alkanes of at least 4 members (excludes halogenated alkanes) is 10. The number of hydrogen-bond donors (Lipinski definition) is 7. The summed E-state index contributed by atoms with van der Waals surface area (Å²) in [7, 11) is -13.6. The number of nitrogens with zero attached hydrogens (tertiary/aromatic N) is 3. The molecule has 296 valence electrons. The SMILES string of the molecule is CCCCCCCCN(CC(O)CN(CC(O)CN(CCCCCCCC)CC(O)CS(=O)(=O)O)C(C)S(=O)(=O)O)CC(O)CS(=O)(=O)O. The van der Waals surface area contributed by atoms with Gasteiger partial charge in [-0.15, -0.1) is 0 Å². The molecule has 5 atom stereocenters. The van der Waals surface area contributed by atoms with Crippen molar-refractivity contribution in [1.29, 1.82) is 0 Å². The molecule has 19 heteroatoms. The summed E-state index contributed by atoms with van der Waals surface area (Å²) in [5, 5.41) is 41.1. The Kier molecular flexibility index (Phi) is 25.1. The third kappa shape index (κ3) is 27.7. The van der Waals surface area contributed by atoms with Gasteiger partial charge in [-0.3, -0.25) is 28.4 Å². The summed E-state index contributed by atoms with van der Waals surface area (Å²) in [5.41, 5.74) is 0. The molecule has 0 aliphatic rings. The molecule has 0 rings (SSSR count). The summed E-state index contributed by atoms with van der Waals surface area (Å²) in [5.74, 6) is -1.80. The number of aliphatic hydroxyl groups is 4. The van der Waals surface area contributed by atoms with Crippen LogP contribution in [0.4, 0.5) is 0 Å². The van der Waals surface area contributed by atoms with E-state index in [0.29, 0.717) is 25.9 Å². The summed E-state index contributed by atoms with van der Waals surface area (Å²) >= 11 is 0. The van der Waals surface area contributed by atoms with Crippen molar-refractivity contribution >= 4 is 30.4 Å². The Morgan fingerprint density at radius 3 is 1.08 bits per heavy atom. The van der Waals surface area contributed by atoms with E-state index in [-0.39, 0.29) is 39.3 Å². The van der Waals surface area contributed by atoms with E-state index >= 15 is 0 Å². The first kappa shape index (κ1) is 48.5. The molecule has 0 fully saturated rings. The van der Waals surface area contributed by atoms with E-state index in [4.69, 9.17) is 9.11 Å². The van der Waals surface area contributed by atoms with Gasteiger partial charge in [-0.1, -0.05) is 78.1 Å². The minimum Gasteiger partial charge on any atom is -0.391 e. The van der Waals surface area contributed by atoms with Crippen LogP contribution in [0, 0.1) is 0 Å². The lowest BCUT2D eigenvalue weighted by Gasteiger charge is -2.34. The third-order valence-corrected chi connectivity index (χ3v) is 10.9. The van der Waals surface area contributed by atoms with Crippen LogP contribution in [0.5, 0.6) is 0 Å². The Bertz CT molecular complexity index is 1100. The molecule has 7 N–H and O–H groups in total. The summed E-state index contributed by atoms with van der Waals surface area (Å²) in [6.07, 6.45) is 5.96. The fourth-order valence-corrected chi connectivity index (χ4v) is 7.48. The molecule has 16 nitrogen and oxygen atoms in total. The molecule has 0 radical (unpaired) electrons. The molecule has 0 saturated carbocycles. The first-order chi connectivity index (χ1) is 22.7. The van der Waals surface area contributed by atoms with Crippen LogP contribution in [-0.2, 0) is 30.4 Å². The molecule has 0 aromatic rings. The van der Waals surface area contributed by atoms with Crippen LogP contribution < -0.4 is 0 Å². The lowest BCUT2D eigenvalue weighted by atomic mass is 10.1. The number of rotatable bonds is 32. The van der Waals surface area contributed by atoms with E-state index in [1.807, 2.05) is 0 Å². The van der Waals surface area contributed by atoms with Gasteiger partial charge in [-0.25, -0.2) is 0 Å². The first-order valence-corrected chi connectivity index (χ1v) is 22.2. The second kappa shape index (κ2) is 25.4. The molecule has 0 spiro atoms. The van der Waals surface area contributed by atoms with E-state index in [9.17, 15) is 50.2 Å². The summed E-state index contributed by atoms with van der Waals surface area (Å²) in [6, 6.07) is 0. The fourth-order valence-electron chi connectivity index (χ4n) is 5.75. The minimum atomic E-state index is -4.67. The Hall–Kier alpha value is -0.550. The molecule has 49 heavy (non-hydrogen) atoms.